The van der Waals surface area contributed by atoms with Gasteiger partial charge in [-0.2, -0.15) is 0 Å². The molecule has 0 aliphatic rings. The topological polar surface area (TPSA) is 12.0 Å². The second kappa shape index (κ2) is 6.37. The van der Waals surface area contributed by atoms with E-state index in [2.05, 4.69) is 24.4 Å². The molecule has 2 aromatic rings. The normalized spacial score (nSPS) is 12.2. The van der Waals surface area contributed by atoms with Crippen LogP contribution in [0.2, 0.25) is 0 Å². The molecule has 0 aromatic heterocycles. The van der Waals surface area contributed by atoms with Crippen LogP contribution in [0.5, 0.6) is 0 Å². The Morgan fingerprint density at radius 1 is 1.11 bits per heavy atom. The molecule has 0 saturated carbocycles. The lowest BCUT2D eigenvalue weighted by Gasteiger charge is -2.20. The summed E-state index contributed by atoms with van der Waals surface area (Å²) in [6, 6.07) is 15.7. The van der Waals surface area contributed by atoms with Crippen LogP contribution >= 0.6 is 0 Å². The van der Waals surface area contributed by atoms with Gasteiger partial charge in [-0.05, 0) is 36.6 Å². The summed E-state index contributed by atoms with van der Waals surface area (Å²) in [5.41, 5.74) is 2.71. The maximum atomic E-state index is 13.9. The lowest BCUT2D eigenvalue weighted by atomic mass is 10.0. The molecular weight excluding hydrogens is 237 g/mol. The molecule has 1 atom stereocenters. The van der Waals surface area contributed by atoms with E-state index in [9.17, 15) is 4.39 Å². The minimum absolute atomic E-state index is 0.156. The molecule has 1 unspecified atom stereocenters. The summed E-state index contributed by atoms with van der Waals surface area (Å²) in [6.45, 7) is 4.04. The van der Waals surface area contributed by atoms with E-state index in [1.54, 1.807) is 6.07 Å². The van der Waals surface area contributed by atoms with E-state index in [1.807, 2.05) is 37.3 Å². The fraction of sp³-hybridized carbons (Fsp3) is 0.294. The molecule has 2 rings (SSSR count). The first-order valence-corrected chi connectivity index (χ1v) is 6.78. The minimum Gasteiger partial charge on any atom is -0.376 e. The van der Waals surface area contributed by atoms with Gasteiger partial charge in [0, 0.05) is 0 Å². The van der Waals surface area contributed by atoms with Crippen LogP contribution in [0.3, 0.4) is 0 Å². The molecule has 0 radical (unpaired) electrons. The van der Waals surface area contributed by atoms with Crippen molar-refractivity contribution in [2.24, 2.45) is 0 Å². The van der Waals surface area contributed by atoms with Gasteiger partial charge in [0.1, 0.15) is 5.82 Å². The zero-order valence-corrected chi connectivity index (χ0v) is 11.5. The molecule has 0 aliphatic carbocycles. The first-order chi connectivity index (χ1) is 9.20. The van der Waals surface area contributed by atoms with Crippen molar-refractivity contribution in [2.45, 2.75) is 32.7 Å². The van der Waals surface area contributed by atoms with Gasteiger partial charge >= 0.3 is 0 Å². The van der Waals surface area contributed by atoms with E-state index in [1.165, 1.54) is 5.56 Å². The van der Waals surface area contributed by atoms with Crippen molar-refractivity contribution < 1.29 is 4.39 Å². The lowest BCUT2D eigenvalue weighted by Crippen LogP contribution is -2.11. The minimum atomic E-state index is -0.183. The lowest BCUT2D eigenvalue weighted by molar-refractivity contribution is 0.617. The maximum absolute atomic E-state index is 13.9. The Labute approximate surface area is 114 Å². The van der Waals surface area contributed by atoms with E-state index in [-0.39, 0.29) is 11.9 Å². The van der Waals surface area contributed by atoms with Gasteiger partial charge in [-0.25, -0.2) is 4.39 Å². The number of hydrogen-bond acceptors (Lipinski definition) is 1. The molecule has 19 heavy (non-hydrogen) atoms. The maximum Gasteiger partial charge on any atom is 0.146 e. The highest BCUT2D eigenvalue weighted by molar-refractivity contribution is 5.48. The highest BCUT2D eigenvalue weighted by Gasteiger charge is 2.12. The van der Waals surface area contributed by atoms with Gasteiger partial charge < -0.3 is 5.32 Å². The Bertz CT molecular complexity index is 522. The summed E-state index contributed by atoms with van der Waals surface area (Å²) in [4.78, 5) is 0. The number of nitrogens with one attached hydrogen (secondary N) is 1. The summed E-state index contributed by atoms with van der Waals surface area (Å²) in [6.07, 6.45) is 2.04. The number of rotatable bonds is 5. The third-order valence-corrected chi connectivity index (χ3v) is 3.23. The molecule has 100 valence electrons. The Hall–Kier alpha value is -1.83. The number of benzene rings is 2. The van der Waals surface area contributed by atoms with Crippen molar-refractivity contribution in [1.29, 1.82) is 0 Å². The molecule has 0 aliphatic heterocycles. The zero-order chi connectivity index (χ0) is 13.7. The molecular formula is C17H20FN. The summed E-state index contributed by atoms with van der Waals surface area (Å²) < 4.78 is 13.9. The molecule has 0 amide bonds. The van der Waals surface area contributed by atoms with Crippen LogP contribution in [0.25, 0.3) is 0 Å². The van der Waals surface area contributed by atoms with E-state index in [0.29, 0.717) is 5.69 Å². The van der Waals surface area contributed by atoms with Crippen LogP contribution in [0.4, 0.5) is 10.1 Å². The van der Waals surface area contributed by atoms with Crippen LogP contribution < -0.4 is 5.32 Å². The highest BCUT2D eigenvalue weighted by atomic mass is 19.1. The van der Waals surface area contributed by atoms with E-state index in [0.717, 1.165) is 18.4 Å². The summed E-state index contributed by atoms with van der Waals surface area (Å²) in [7, 11) is 0. The second-order valence-electron chi connectivity index (χ2n) is 4.88. The fourth-order valence-corrected chi connectivity index (χ4v) is 2.22. The van der Waals surface area contributed by atoms with E-state index < -0.39 is 0 Å². The molecule has 2 heteroatoms. The molecule has 0 saturated heterocycles. The van der Waals surface area contributed by atoms with Crippen molar-refractivity contribution in [3.05, 3.63) is 65.5 Å². The van der Waals surface area contributed by atoms with Crippen molar-refractivity contribution in [3.63, 3.8) is 0 Å². The second-order valence-corrected chi connectivity index (χ2v) is 4.88. The number of halogens is 1. The molecule has 0 spiro atoms. The smallest absolute Gasteiger partial charge is 0.146 e. The van der Waals surface area contributed by atoms with Gasteiger partial charge in [-0.3, -0.25) is 0 Å². The van der Waals surface area contributed by atoms with Gasteiger partial charge in [-0.1, -0.05) is 49.7 Å². The number of hydrogen-bond donors (Lipinski definition) is 1. The van der Waals surface area contributed by atoms with Crippen molar-refractivity contribution in [2.75, 3.05) is 5.32 Å². The third-order valence-electron chi connectivity index (χ3n) is 3.23. The molecule has 0 fully saturated rings. The summed E-state index contributed by atoms with van der Waals surface area (Å²) in [5, 5.41) is 3.32. The van der Waals surface area contributed by atoms with Crippen LogP contribution in [-0.2, 0) is 0 Å². The fourth-order valence-electron chi connectivity index (χ4n) is 2.22. The van der Waals surface area contributed by atoms with Crippen LogP contribution in [0, 0.1) is 12.7 Å². The largest absolute Gasteiger partial charge is 0.376 e. The Morgan fingerprint density at radius 2 is 1.84 bits per heavy atom. The first-order valence-electron chi connectivity index (χ1n) is 6.78. The third kappa shape index (κ3) is 3.57. The van der Waals surface area contributed by atoms with Crippen LogP contribution in [-0.4, -0.2) is 0 Å². The number of anilines is 1. The molecule has 1 N–H and O–H groups in total. The molecule has 0 bridgehead atoms. The number of aryl methyl sites for hydroxylation is 1. The van der Waals surface area contributed by atoms with Gasteiger partial charge in [0.2, 0.25) is 0 Å². The predicted molar refractivity (Wildman–Crippen MR) is 78.9 cm³/mol. The van der Waals surface area contributed by atoms with Gasteiger partial charge in [0.25, 0.3) is 0 Å². The SMILES string of the molecule is CCCC(Nc1ccc(C)cc1F)c1ccccc1. The monoisotopic (exact) mass is 257 g/mol. The average molecular weight is 257 g/mol. The van der Waals surface area contributed by atoms with Gasteiger partial charge in [0.15, 0.2) is 0 Å². The predicted octanol–water partition coefficient (Wildman–Crippen LogP) is 5.09. The zero-order valence-electron chi connectivity index (χ0n) is 11.5. The Balaban J connectivity index is 2.21. The standard InChI is InChI=1S/C17H20FN/c1-3-7-16(14-8-5-4-6-9-14)19-17-11-10-13(2)12-15(17)18/h4-6,8-12,16,19H,3,7H2,1-2H3. The molecule has 0 heterocycles. The van der Waals surface area contributed by atoms with E-state index >= 15 is 0 Å². The van der Waals surface area contributed by atoms with Crippen LogP contribution in [0.15, 0.2) is 48.5 Å². The average Bonchev–Trinajstić information content (AvgIpc) is 2.42. The van der Waals surface area contributed by atoms with Crippen molar-refractivity contribution in [1.82, 2.24) is 0 Å². The first kappa shape index (κ1) is 13.6. The van der Waals surface area contributed by atoms with Gasteiger partial charge in [-0.15, -0.1) is 0 Å². The van der Waals surface area contributed by atoms with Crippen LogP contribution in [0.1, 0.15) is 36.9 Å². The highest BCUT2D eigenvalue weighted by Crippen LogP contribution is 2.25. The molecule has 1 nitrogen and oxygen atoms in total. The quantitative estimate of drug-likeness (QED) is 0.787. The van der Waals surface area contributed by atoms with Crippen molar-refractivity contribution in [3.8, 4) is 0 Å². The summed E-state index contributed by atoms with van der Waals surface area (Å²) >= 11 is 0. The Kier molecular flexibility index (Phi) is 4.56. The van der Waals surface area contributed by atoms with Gasteiger partial charge in [0.05, 0.1) is 11.7 Å². The molecule has 2 aromatic carbocycles. The van der Waals surface area contributed by atoms with Crippen molar-refractivity contribution >= 4 is 5.69 Å². The van der Waals surface area contributed by atoms with E-state index in [4.69, 9.17) is 0 Å². The Morgan fingerprint density at radius 3 is 2.47 bits per heavy atom. The summed E-state index contributed by atoms with van der Waals surface area (Å²) in [5.74, 6) is -0.183.